The molecule has 2 aromatic rings. The minimum Gasteiger partial charge on any atom is -0.361 e. The van der Waals surface area contributed by atoms with E-state index in [0.29, 0.717) is 24.8 Å². The third-order valence-electron chi connectivity index (χ3n) is 5.08. The maximum atomic E-state index is 12.9. The summed E-state index contributed by atoms with van der Waals surface area (Å²) in [6.07, 6.45) is 2.26. The summed E-state index contributed by atoms with van der Waals surface area (Å²) in [5.74, 6) is -1.15. The van der Waals surface area contributed by atoms with Gasteiger partial charge in [0.1, 0.15) is 6.04 Å². The standard InChI is InChI=1S/C25H29IN4O3/c1-4-5-21(23(31)15-28-27)29-25(33)22(14-16(2)3)30-24(32)19-8-6-17(7-9-19)18-10-12-20(26)13-11-18/h6-13,15-16,21-22H,4-5,14H2,1-3H3,(H,29,33)(H,30,32)/t21?,22-/m0/s1. The molecule has 7 nitrogen and oxygen atoms in total. The molecule has 33 heavy (non-hydrogen) atoms. The van der Waals surface area contributed by atoms with Gasteiger partial charge in [-0.25, -0.2) is 0 Å². The van der Waals surface area contributed by atoms with Crippen LogP contribution in [0, 0.1) is 9.49 Å². The molecule has 2 rings (SSSR count). The van der Waals surface area contributed by atoms with Crippen molar-refractivity contribution in [2.75, 3.05) is 0 Å². The maximum Gasteiger partial charge on any atom is 0.325 e. The molecule has 0 aromatic heterocycles. The Hall–Kier alpha value is -2.84. The first-order valence-electron chi connectivity index (χ1n) is 10.9. The molecular weight excluding hydrogens is 531 g/mol. The molecule has 1 unspecified atom stereocenters. The molecule has 2 N–H and O–H groups in total. The predicted molar refractivity (Wildman–Crippen MR) is 137 cm³/mol. The normalized spacial score (nSPS) is 12.4. The minimum atomic E-state index is -0.807. The number of Topliss-reactive ketones (excluding diaryl/α,β-unsaturated/α-hetero) is 1. The van der Waals surface area contributed by atoms with E-state index in [1.54, 1.807) is 12.1 Å². The lowest BCUT2D eigenvalue weighted by Crippen LogP contribution is -2.52. The Morgan fingerprint density at radius 3 is 2.06 bits per heavy atom. The van der Waals surface area contributed by atoms with Crippen molar-refractivity contribution in [1.82, 2.24) is 10.6 Å². The molecule has 0 aliphatic heterocycles. The molecule has 174 valence electrons. The Morgan fingerprint density at radius 1 is 0.970 bits per heavy atom. The first kappa shape index (κ1) is 26.4. The Kier molecular flexibility index (Phi) is 10.4. The quantitative estimate of drug-likeness (QED) is 0.185. The van der Waals surface area contributed by atoms with Crippen LogP contribution in [0.3, 0.4) is 0 Å². The first-order valence-corrected chi connectivity index (χ1v) is 12.0. The highest BCUT2D eigenvalue weighted by molar-refractivity contribution is 14.1. The second-order valence-corrected chi connectivity index (χ2v) is 9.48. The van der Waals surface area contributed by atoms with Gasteiger partial charge in [-0.2, -0.15) is 4.79 Å². The molecule has 0 bridgehead atoms. The van der Waals surface area contributed by atoms with E-state index in [-0.39, 0.29) is 11.8 Å². The third kappa shape index (κ3) is 8.22. The van der Waals surface area contributed by atoms with Crippen LogP contribution in [0.1, 0.15) is 50.4 Å². The SMILES string of the molecule is CCCC(NC(=O)[C@H](CC(C)C)NC(=O)c1ccc(-c2ccc(I)cc2)cc1)C(=O)C=[N+]=[N-]. The summed E-state index contributed by atoms with van der Waals surface area (Å²) in [6, 6.07) is 13.7. The summed E-state index contributed by atoms with van der Waals surface area (Å²) in [6.45, 7) is 5.79. The van der Waals surface area contributed by atoms with Crippen molar-refractivity contribution in [1.29, 1.82) is 0 Å². The molecule has 0 aliphatic rings. The van der Waals surface area contributed by atoms with Crippen molar-refractivity contribution in [3.8, 4) is 11.1 Å². The van der Waals surface area contributed by atoms with Gasteiger partial charge in [0.25, 0.3) is 11.7 Å². The van der Waals surface area contributed by atoms with Crippen molar-refractivity contribution in [2.45, 2.75) is 52.1 Å². The number of nitrogens with zero attached hydrogens (tertiary/aromatic N) is 2. The topological polar surface area (TPSA) is 112 Å². The fraction of sp³-hybridized carbons (Fsp3) is 0.360. The van der Waals surface area contributed by atoms with Gasteiger partial charge in [0.15, 0.2) is 0 Å². The van der Waals surface area contributed by atoms with Gasteiger partial charge in [-0.1, -0.05) is 51.5 Å². The molecular formula is C25H29IN4O3. The van der Waals surface area contributed by atoms with Gasteiger partial charge in [-0.05, 0) is 76.7 Å². The lowest BCUT2D eigenvalue weighted by atomic mass is 10.0. The number of halogens is 1. The number of nitrogens with one attached hydrogen (secondary N) is 2. The molecule has 8 heteroatoms. The summed E-state index contributed by atoms with van der Waals surface area (Å²) in [5.41, 5.74) is 11.1. The molecule has 0 saturated carbocycles. The first-order chi connectivity index (χ1) is 15.7. The summed E-state index contributed by atoms with van der Waals surface area (Å²) >= 11 is 2.25. The number of carbonyl (C=O) groups excluding carboxylic acids is 3. The molecule has 0 saturated heterocycles. The fourth-order valence-electron chi connectivity index (χ4n) is 3.39. The number of ketones is 1. The smallest absolute Gasteiger partial charge is 0.325 e. The van der Waals surface area contributed by atoms with Gasteiger partial charge in [0.2, 0.25) is 5.91 Å². The van der Waals surface area contributed by atoms with E-state index in [2.05, 4.69) is 38.0 Å². The molecule has 0 radical (unpaired) electrons. The molecule has 2 amide bonds. The minimum absolute atomic E-state index is 0.142. The summed E-state index contributed by atoms with van der Waals surface area (Å²) < 4.78 is 1.15. The highest BCUT2D eigenvalue weighted by Crippen LogP contribution is 2.21. The van der Waals surface area contributed by atoms with Crippen LogP contribution in [-0.4, -0.2) is 40.7 Å². The number of carbonyl (C=O) groups is 3. The largest absolute Gasteiger partial charge is 0.361 e. The van der Waals surface area contributed by atoms with E-state index < -0.39 is 23.8 Å². The van der Waals surface area contributed by atoms with Crippen LogP contribution in [0.15, 0.2) is 48.5 Å². The van der Waals surface area contributed by atoms with Crippen LogP contribution in [-0.2, 0) is 9.59 Å². The average Bonchev–Trinajstić information content (AvgIpc) is 2.78. The van der Waals surface area contributed by atoms with Gasteiger partial charge >= 0.3 is 6.21 Å². The zero-order chi connectivity index (χ0) is 24.4. The van der Waals surface area contributed by atoms with Gasteiger partial charge < -0.3 is 16.2 Å². The van der Waals surface area contributed by atoms with E-state index in [1.165, 1.54) is 0 Å². The molecule has 0 fully saturated rings. The van der Waals surface area contributed by atoms with Gasteiger partial charge in [-0.3, -0.25) is 14.4 Å². The zero-order valence-electron chi connectivity index (χ0n) is 19.0. The van der Waals surface area contributed by atoms with Crippen LogP contribution in [0.2, 0.25) is 0 Å². The summed E-state index contributed by atoms with van der Waals surface area (Å²) in [5, 5.41) is 5.50. The van der Waals surface area contributed by atoms with Crippen LogP contribution in [0.5, 0.6) is 0 Å². The number of benzene rings is 2. The molecule has 0 heterocycles. The number of hydrogen-bond donors (Lipinski definition) is 2. The average molecular weight is 560 g/mol. The fourth-order valence-corrected chi connectivity index (χ4v) is 3.75. The van der Waals surface area contributed by atoms with Gasteiger partial charge in [-0.15, -0.1) is 0 Å². The second kappa shape index (κ2) is 13.0. The molecule has 0 spiro atoms. The number of rotatable bonds is 11. The Balaban J connectivity index is 2.13. The monoisotopic (exact) mass is 560 g/mol. The number of amides is 2. The Morgan fingerprint density at radius 2 is 1.55 bits per heavy atom. The van der Waals surface area contributed by atoms with Crippen LogP contribution >= 0.6 is 22.6 Å². The molecule has 0 aliphatic carbocycles. The lowest BCUT2D eigenvalue weighted by molar-refractivity contribution is -0.127. The Bertz CT molecular complexity index is 1010. The van der Waals surface area contributed by atoms with Crippen molar-refractivity contribution >= 4 is 46.4 Å². The summed E-state index contributed by atoms with van der Waals surface area (Å²) in [4.78, 5) is 40.7. The van der Waals surface area contributed by atoms with E-state index in [0.717, 1.165) is 20.9 Å². The van der Waals surface area contributed by atoms with Crippen molar-refractivity contribution < 1.29 is 19.2 Å². The van der Waals surface area contributed by atoms with Gasteiger partial charge in [0, 0.05) is 9.13 Å². The van der Waals surface area contributed by atoms with Crippen molar-refractivity contribution in [3.05, 3.63) is 63.2 Å². The number of hydrogen-bond acceptors (Lipinski definition) is 3. The van der Waals surface area contributed by atoms with E-state index >= 15 is 0 Å². The second-order valence-electron chi connectivity index (χ2n) is 8.24. The maximum absolute atomic E-state index is 12.9. The van der Waals surface area contributed by atoms with Crippen molar-refractivity contribution in [2.24, 2.45) is 5.92 Å². The van der Waals surface area contributed by atoms with E-state index in [4.69, 9.17) is 5.53 Å². The molecule has 2 atom stereocenters. The van der Waals surface area contributed by atoms with E-state index in [9.17, 15) is 14.4 Å². The van der Waals surface area contributed by atoms with Crippen LogP contribution in [0.4, 0.5) is 0 Å². The van der Waals surface area contributed by atoms with Crippen LogP contribution < -0.4 is 10.6 Å². The lowest BCUT2D eigenvalue weighted by Gasteiger charge is -2.23. The van der Waals surface area contributed by atoms with Crippen LogP contribution in [0.25, 0.3) is 16.7 Å². The Labute approximate surface area is 208 Å². The summed E-state index contributed by atoms with van der Waals surface area (Å²) in [7, 11) is 0. The predicted octanol–water partition coefficient (Wildman–Crippen LogP) is 4.26. The van der Waals surface area contributed by atoms with Crippen molar-refractivity contribution in [3.63, 3.8) is 0 Å². The highest BCUT2D eigenvalue weighted by atomic mass is 127. The molecule has 2 aromatic carbocycles. The zero-order valence-corrected chi connectivity index (χ0v) is 21.2. The third-order valence-corrected chi connectivity index (χ3v) is 5.79. The highest BCUT2D eigenvalue weighted by Gasteiger charge is 2.27. The van der Waals surface area contributed by atoms with E-state index in [1.807, 2.05) is 57.2 Å². The van der Waals surface area contributed by atoms with Gasteiger partial charge in [0.05, 0.1) is 6.04 Å².